The Morgan fingerprint density at radius 3 is 2.59 bits per heavy atom. The van der Waals surface area contributed by atoms with Gasteiger partial charge in [-0.15, -0.1) is 0 Å². The molecule has 0 fully saturated rings. The molecule has 0 unspecified atom stereocenters. The number of benzene rings is 2. The van der Waals surface area contributed by atoms with Crippen LogP contribution in [0.2, 0.25) is 0 Å². The highest BCUT2D eigenvalue weighted by Crippen LogP contribution is 2.33. The minimum atomic E-state index is -0.326. The number of carbonyl (C=O) groups is 2. The average Bonchev–Trinajstić information content (AvgIpc) is 2.67. The fraction of sp³-hybridized carbons (Fsp3) is 0.300. The summed E-state index contributed by atoms with van der Waals surface area (Å²) in [7, 11) is 0. The van der Waals surface area contributed by atoms with Gasteiger partial charge in [0.1, 0.15) is 25.5 Å². The second-order valence-corrected chi connectivity index (χ2v) is 5.91. The molecule has 1 N–H and O–H groups in total. The summed E-state index contributed by atoms with van der Waals surface area (Å²) in [5, 5.41) is 2.79. The summed E-state index contributed by atoms with van der Waals surface area (Å²) in [6, 6.07) is 12.3. The zero-order valence-electron chi connectivity index (χ0n) is 15.4. The van der Waals surface area contributed by atoms with Gasteiger partial charge in [0, 0.05) is 18.7 Å². The zero-order chi connectivity index (χ0) is 19.2. The number of anilines is 2. The molecule has 0 atom stereocenters. The van der Waals surface area contributed by atoms with E-state index in [1.165, 1.54) is 11.8 Å². The van der Waals surface area contributed by atoms with Crippen molar-refractivity contribution in [3.8, 4) is 17.2 Å². The lowest BCUT2D eigenvalue weighted by molar-refractivity contribution is -0.120. The quantitative estimate of drug-likeness (QED) is 0.846. The normalized spacial score (nSPS) is 12.2. The predicted molar refractivity (Wildman–Crippen MR) is 102 cm³/mol. The lowest BCUT2D eigenvalue weighted by atomic mass is 10.2. The molecule has 0 spiro atoms. The van der Waals surface area contributed by atoms with Crippen molar-refractivity contribution in [1.82, 2.24) is 0 Å². The van der Waals surface area contributed by atoms with E-state index in [0.29, 0.717) is 48.4 Å². The predicted octanol–water partition coefficient (Wildman–Crippen LogP) is 2.85. The Bertz CT molecular complexity index is 837. The van der Waals surface area contributed by atoms with Crippen molar-refractivity contribution in [2.45, 2.75) is 13.8 Å². The maximum atomic E-state index is 12.5. The molecule has 7 heteroatoms. The first-order valence-electron chi connectivity index (χ1n) is 8.78. The van der Waals surface area contributed by atoms with Crippen LogP contribution in [0.1, 0.15) is 13.8 Å². The summed E-state index contributed by atoms with van der Waals surface area (Å²) >= 11 is 0. The number of para-hydroxylation sites is 2. The number of amides is 2. The molecule has 27 heavy (non-hydrogen) atoms. The zero-order valence-corrected chi connectivity index (χ0v) is 15.4. The average molecular weight is 370 g/mol. The van der Waals surface area contributed by atoms with E-state index >= 15 is 0 Å². The van der Waals surface area contributed by atoms with Crippen molar-refractivity contribution < 1.29 is 23.8 Å². The Labute approximate surface area is 157 Å². The van der Waals surface area contributed by atoms with Crippen LogP contribution in [0.3, 0.4) is 0 Å². The van der Waals surface area contributed by atoms with E-state index in [4.69, 9.17) is 14.2 Å². The third-order valence-electron chi connectivity index (χ3n) is 3.96. The van der Waals surface area contributed by atoms with E-state index in [9.17, 15) is 9.59 Å². The van der Waals surface area contributed by atoms with Crippen molar-refractivity contribution in [1.29, 1.82) is 0 Å². The molecule has 2 aromatic rings. The van der Waals surface area contributed by atoms with Crippen LogP contribution in [0.15, 0.2) is 42.5 Å². The SMILES string of the molecule is CCOc1ccccc1N(CC(=O)Nc1ccc2c(c1)OCCO2)C(C)=O. The van der Waals surface area contributed by atoms with Gasteiger partial charge in [-0.05, 0) is 31.2 Å². The second kappa shape index (κ2) is 8.44. The van der Waals surface area contributed by atoms with Crippen LogP contribution in [0.4, 0.5) is 11.4 Å². The van der Waals surface area contributed by atoms with E-state index < -0.39 is 0 Å². The van der Waals surface area contributed by atoms with Gasteiger partial charge >= 0.3 is 0 Å². The lowest BCUT2D eigenvalue weighted by Gasteiger charge is -2.23. The number of ether oxygens (including phenoxy) is 3. The van der Waals surface area contributed by atoms with Crippen LogP contribution in [0.5, 0.6) is 17.2 Å². The largest absolute Gasteiger partial charge is 0.492 e. The molecule has 2 aromatic carbocycles. The highest BCUT2D eigenvalue weighted by molar-refractivity contribution is 6.02. The molecule has 0 saturated carbocycles. The van der Waals surface area contributed by atoms with Crippen molar-refractivity contribution in [3.63, 3.8) is 0 Å². The number of hydrogen-bond donors (Lipinski definition) is 1. The van der Waals surface area contributed by atoms with Crippen LogP contribution in [0, 0.1) is 0 Å². The van der Waals surface area contributed by atoms with E-state index in [0.717, 1.165) is 0 Å². The molecular formula is C20H22N2O5. The van der Waals surface area contributed by atoms with Gasteiger partial charge in [0.25, 0.3) is 0 Å². The number of fused-ring (bicyclic) bond motifs is 1. The Kier molecular flexibility index (Phi) is 5.80. The molecule has 1 aliphatic rings. The molecular weight excluding hydrogens is 348 g/mol. The number of hydrogen-bond acceptors (Lipinski definition) is 5. The molecule has 0 radical (unpaired) electrons. The first-order valence-corrected chi connectivity index (χ1v) is 8.78. The maximum Gasteiger partial charge on any atom is 0.244 e. The van der Waals surface area contributed by atoms with Crippen molar-refractivity contribution in [3.05, 3.63) is 42.5 Å². The van der Waals surface area contributed by atoms with Crippen LogP contribution in [-0.4, -0.2) is 38.2 Å². The Morgan fingerprint density at radius 2 is 1.85 bits per heavy atom. The van der Waals surface area contributed by atoms with Gasteiger partial charge in [-0.25, -0.2) is 0 Å². The van der Waals surface area contributed by atoms with Crippen molar-refractivity contribution in [2.24, 2.45) is 0 Å². The highest BCUT2D eigenvalue weighted by atomic mass is 16.6. The Hall–Kier alpha value is -3.22. The van der Waals surface area contributed by atoms with Crippen LogP contribution in [0.25, 0.3) is 0 Å². The summed E-state index contributed by atoms with van der Waals surface area (Å²) in [5.41, 5.74) is 1.13. The van der Waals surface area contributed by atoms with Crippen LogP contribution >= 0.6 is 0 Å². The molecule has 142 valence electrons. The maximum absolute atomic E-state index is 12.5. The Morgan fingerprint density at radius 1 is 1.11 bits per heavy atom. The topological polar surface area (TPSA) is 77.1 Å². The van der Waals surface area contributed by atoms with Gasteiger partial charge in [-0.2, -0.15) is 0 Å². The molecule has 3 rings (SSSR count). The number of carbonyl (C=O) groups excluding carboxylic acids is 2. The molecule has 7 nitrogen and oxygen atoms in total. The fourth-order valence-electron chi connectivity index (χ4n) is 2.79. The second-order valence-electron chi connectivity index (χ2n) is 5.91. The van der Waals surface area contributed by atoms with Gasteiger partial charge in [0.15, 0.2) is 11.5 Å². The van der Waals surface area contributed by atoms with E-state index in [-0.39, 0.29) is 18.4 Å². The van der Waals surface area contributed by atoms with Crippen molar-refractivity contribution >= 4 is 23.2 Å². The standard InChI is InChI=1S/C20H22N2O5/c1-3-25-17-7-5-4-6-16(17)22(14(2)23)13-20(24)21-15-8-9-18-19(12-15)27-11-10-26-18/h4-9,12H,3,10-11,13H2,1-2H3,(H,21,24). The molecule has 2 amide bonds. The van der Waals surface area contributed by atoms with Crippen molar-refractivity contribution in [2.75, 3.05) is 36.6 Å². The first-order chi connectivity index (χ1) is 13.1. The van der Waals surface area contributed by atoms with E-state index in [1.807, 2.05) is 13.0 Å². The summed E-state index contributed by atoms with van der Waals surface area (Å²) in [5.74, 6) is 1.22. The molecule has 0 aromatic heterocycles. The van der Waals surface area contributed by atoms with E-state index in [2.05, 4.69) is 5.32 Å². The lowest BCUT2D eigenvalue weighted by Crippen LogP contribution is -2.37. The highest BCUT2D eigenvalue weighted by Gasteiger charge is 2.20. The van der Waals surface area contributed by atoms with Gasteiger partial charge in [-0.3, -0.25) is 14.5 Å². The summed E-state index contributed by atoms with van der Waals surface area (Å²) in [6.07, 6.45) is 0. The van der Waals surface area contributed by atoms with Gasteiger partial charge < -0.3 is 19.5 Å². The Balaban J connectivity index is 1.74. The van der Waals surface area contributed by atoms with Gasteiger partial charge in [0.2, 0.25) is 11.8 Å². The third kappa shape index (κ3) is 4.49. The van der Waals surface area contributed by atoms with Gasteiger partial charge in [-0.1, -0.05) is 12.1 Å². The molecule has 1 aliphatic heterocycles. The number of nitrogens with zero attached hydrogens (tertiary/aromatic N) is 1. The summed E-state index contributed by atoms with van der Waals surface area (Å²) < 4.78 is 16.6. The minimum absolute atomic E-state index is 0.131. The first kappa shape index (κ1) is 18.6. The van der Waals surface area contributed by atoms with Crippen LogP contribution in [-0.2, 0) is 9.59 Å². The van der Waals surface area contributed by atoms with Gasteiger partial charge in [0.05, 0.1) is 12.3 Å². The molecule has 1 heterocycles. The van der Waals surface area contributed by atoms with E-state index in [1.54, 1.807) is 36.4 Å². The smallest absolute Gasteiger partial charge is 0.244 e. The summed E-state index contributed by atoms with van der Waals surface area (Å²) in [4.78, 5) is 26.0. The monoisotopic (exact) mass is 370 g/mol. The molecule has 0 saturated heterocycles. The number of rotatable bonds is 6. The fourth-order valence-corrected chi connectivity index (χ4v) is 2.79. The number of nitrogens with one attached hydrogen (secondary N) is 1. The summed E-state index contributed by atoms with van der Waals surface area (Å²) in [6.45, 7) is 4.59. The minimum Gasteiger partial charge on any atom is -0.492 e. The third-order valence-corrected chi connectivity index (χ3v) is 3.96. The van der Waals surface area contributed by atoms with Crippen LogP contribution < -0.4 is 24.4 Å². The molecule has 0 aliphatic carbocycles. The molecule has 0 bridgehead atoms.